The Labute approximate surface area is 157 Å². The molecule has 7 heteroatoms. The summed E-state index contributed by atoms with van der Waals surface area (Å²) in [7, 11) is 0. The number of carbonyl (C=O) groups is 1. The molecule has 0 atom stereocenters. The van der Waals surface area contributed by atoms with Gasteiger partial charge in [-0.3, -0.25) is 4.79 Å². The second-order valence-corrected chi connectivity index (χ2v) is 6.90. The lowest BCUT2D eigenvalue weighted by atomic mass is 10.1. The van der Waals surface area contributed by atoms with Crippen molar-refractivity contribution in [1.29, 1.82) is 0 Å². The van der Waals surface area contributed by atoms with Crippen molar-refractivity contribution in [1.82, 2.24) is 0 Å². The lowest BCUT2D eigenvalue weighted by Crippen LogP contribution is -2.20. The molecule has 0 unspecified atom stereocenters. The number of benzene rings is 2. The fraction of sp³-hybridized carbons (Fsp3) is 0.176. The molecule has 126 valence electrons. The van der Waals surface area contributed by atoms with Gasteiger partial charge in [0.2, 0.25) is 0 Å². The van der Waals surface area contributed by atoms with Crippen LogP contribution in [0.1, 0.15) is 16.7 Å². The summed E-state index contributed by atoms with van der Waals surface area (Å²) in [6, 6.07) is 9.18. The second-order valence-electron chi connectivity index (χ2n) is 5.19. The Hall–Kier alpha value is -1.86. The summed E-state index contributed by atoms with van der Waals surface area (Å²) in [5.74, 6) is 0.248. The van der Waals surface area contributed by atoms with Crippen LogP contribution in [0.25, 0.3) is 0 Å². The Bertz CT molecular complexity index is 768. The number of amides is 1. The molecule has 0 bridgehead atoms. The maximum atomic E-state index is 12.1. The molecule has 2 aromatic rings. The first kappa shape index (κ1) is 18.5. The van der Waals surface area contributed by atoms with Gasteiger partial charge in [-0.15, -0.1) is 0 Å². The predicted octanol–water partition coefficient (Wildman–Crippen LogP) is 4.65. The highest BCUT2D eigenvalue weighted by atomic mass is 79.9. The molecule has 0 radical (unpaired) electrons. The molecule has 0 aromatic heterocycles. The third-order valence-corrected chi connectivity index (χ3v) is 4.54. The van der Waals surface area contributed by atoms with Crippen molar-refractivity contribution in [3.63, 3.8) is 0 Å². The smallest absolute Gasteiger partial charge is 0.262 e. The van der Waals surface area contributed by atoms with Gasteiger partial charge in [-0.2, -0.15) is 0 Å². The van der Waals surface area contributed by atoms with Crippen molar-refractivity contribution >= 4 is 49.7 Å². The van der Waals surface area contributed by atoms with E-state index in [1.54, 1.807) is 12.1 Å². The molecule has 1 amide bonds. The van der Waals surface area contributed by atoms with Gasteiger partial charge in [0.1, 0.15) is 5.75 Å². The van der Waals surface area contributed by atoms with Gasteiger partial charge >= 0.3 is 0 Å². The third kappa shape index (κ3) is 4.82. The maximum Gasteiger partial charge on any atom is 0.262 e. The average molecular weight is 456 g/mol. The Balaban J connectivity index is 2.02. The standard InChI is InChI=1S/C17H16Br2N2O3/c1-10-3-4-13(5-11(10)2)21-16(22)9-24-17-14(18)6-12(8-20-23)7-15(17)19/h3-8,23H,9H2,1-2H3,(H,21,22)/b20-8+. The molecule has 0 aliphatic rings. The summed E-state index contributed by atoms with van der Waals surface area (Å²) in [6.07, 6.45) is 1.30. The first-order valence-electron chi connectivity index (χ1n) is 7.07. The van der Waals surface area contributed by atoms with Crippen LogP contribution in [0.15, 0.2) is 44.4 Å². The number of hydrogen-bond donors (Lipinski definition) is 2. The molecule has 0 aliphatic heterocycles. The van der Waals surface area contributed by atoms with Crippen LogP contribution in [-0.4, -0.2) is 23.9 Å². The van der Waals surface area contributed by atoms with E-state index in [1.807, 2.05) is 32.0 Å². The van der Waals surface area contributed by atoms with Gasteiger partial charge in [0.15, 0.2) is 6.61 Å². The van der Waals surface area contributed by atoms with Gasteiger partial charge in [0.25, 0.3) is 5.91 Å². The Kier molecular flexibility index (Phi) is 6.39. The second kappa shape index (κ2) is 8.30. The number of carbonyl (C=O) groups excluding carboxylic acids is 1. The third-order valence-electron chi connectivity index (χ3n) is 3.37. The molecule has 5 nitrogen and oxygen atoms in total. The Morgan fingerprint density at radius 3 is 2.46 bits per heavy atom. The summed E-state index contributed by atoms with van der Waals surface area (Å²) >= 11 is 6.74. The van der Waals surface area contributed by atoms with E-state index >= 15 is 0 Å². The fourth-order valence-electron chi connectivity index (χ4n) is 2.01. The van der Waals surface area contributed by atoms with Crippen LogP contribution >= 0.6 is 31.9 Å². The molecule has 0 aliphatic carbocycles. The quantitative estimate of drug-likeness (QED) is 0.391. The van der Waals surface area contributed by atoms with E-state index < -0.39 is 0 Å². The van der Waals surface area contributed by atoms with Crippen LogP contribution < -0.4 is 10.1 Å². The van der Waals surface area contributed by atoms with E-state index in [1.165, 1.54) is 11.8 Å². The Morgan fingerprint density at radius 2 is 1.88 bits per heavy atom. The Morgan fingerprint density at radius 1 is 1.21 bits per heavy atom. The summed E-state index contributed by atoms with van der Waals surface area (Å²) in [5, 5.41) is 14.4. The lowest BCUT2D eigenvalue weighted by molar-refractivity contribution is -0.118. The zero-order valence-electron chi connectivity index (χ0n) is 13.1. The highest BCUT2D eigenvalue weighted by Gasteiger charge is 2.11. The predicted molar refractivity (Wildman–Crippen MR) is 101 cm³/mol. The van der Waals surface area contributed by atoms with Crippen molar-refractivity contribution in [2.75, 3.05) is 11.9 Å². The van der Waals surface area contributed by atoms with Gasteiger partial charge < -0.3 is 15.3 Å². The average Bonchev–Trinajstić information content (AvgIpc) is 2.50. The largest absolute Gasteiger partial charge is 0.481 e. The van der Waals surface area contributed by atoms with Crippen LogP contribution in [0.4, 0.5) is 5.69 Å². The highest BCUT2D eigenvalue weighted by molar-refractivity contribution is 9.11. The minimum Gasteiger partial charge on any atom is -0.481 e. The summed E-state index contributed by atoms with van der Waals surface area (Å²) in [5.41, 5.74) is 3.70. The first-order chi connectivity index (χ1) is 11.4. The monoisotopic (exact) mass is 454 g/mol. The van der Waals surface area contributed by atoms with Crippen LogP contribution in [0.3, 0.4) is 0 Å². The number of nitrogens with one attached hydrogen (secondary N) is 1. The first-order valence-corrected chi connectivity index (χ1v) is 8.65. The van der Waals surface area contributed by atoms with Gasteiger partial charge in [0, 0.05) is 5.69 Å². The van der Waals surface area contributed by atoms with E-state index in [0.717, 1.165) is 11.3 Å². The van der Waals surface area contributed by atoms with E-state index in [9.17, 15) is 4.79 Å². The van der Waals surface area contributed by atoms with Crippen LogP contribution in [-0.2, 0) is 4.79 Å². The van der Waals surface area contributed by atoms with Crippen LogP contribution in [0.2, 0.25) is 0 Å². The molecule has 0 heterocycles. The SMILES string of the molecule is Cc1ccc(NC(=O)COc2c(Br)cc(/C=N/O)cc2Br)cc1C. The molecule has 0 saturated heterocycles. The zero-order chi connectivity index (χ0) is 17.7. The van der Waals surface area contributed by atoms with E-state index in [0.29, 0.717) is 20.3 Å². The highest BCUT2D eigenvalue weighted by Crippen LogP contribution is 2.34. The number of ether oxygens (including phenoxy) is 1. The molecular weight excluding hydrogens is 440 g/mol. The van der Waals surface area contributed by atoms with Gasteiger partial charge in [-0.05, 0) is 86.7 Å². The topological polar surface area (TPSA) is 70.9 Å². The number of hydrogen-bond acceptors (Lipinski definition) is 4. The zero-order valence-corrected chi connectivity index (χ0v) is 16.3. The molecule has 2 aromatic carbocycles. The van der Waals surface area contributed by atoms with E-state index in [2.05, 4.69) is 42.3 Å². The van der Waals surface area contributed by atoms with Crippen molar-refractivity contribution < 1.29 is 14.7 Å². The number of nitrogens with zero attached hydrogens (tertiary/aromatic N) is 1. The normalized spacial score (nSPS) is 10.8. The van der Waals surface area contributed by atoms with Gasteiger partial charge in [-0.25, -0.2) is 0 Å². The van der Waals surface area contributed by atoms with Crippen molar-refractivity contribution in [3.8, 4) is 5.75 Å². The summed E-state index contributed by atoms with van der Waals surface area (Å²) < 4.78 is 6.86. The van der Waals surface area contributed by atoms with Gasteiger partial charge in [-0.1, -0.05) is 11.2 Å². The number of rotatable bonds is 5. The number of anilines is 1. The summed E-state index contributed by atoms with van der Waals surface area (Å²) in [4.78, 5) is 12.1. The van der Waals surface area contributed by atoms with Crippen molar-refractivity contribution in [3.05, 3.63) is 56.0 Å². The number of halogens is 2. The van der Waals surface area contributed by atoms with Crippen LogP contribution in [0, 0.1) is 13.8 Å². The molecule has 0 spiro atoms. The fourth-order valence-corrected chi connectivity index (χ4v) is 3.46. The molecule has 24 heavy (non-hydrogen) atoms. The lowest BCUT2D eigenvalue weighted by Gasteiger charge is -2.12. The molecule has 2 rings (SSSR count). The molecule has 0 saturated carbocycles. The van der Waals surface area contributed by atoms with E-state index in [4.69, 9.17) is 9.94 Å². The van der Waals surface area contributed by atoms with Crippen molar-refractivity contribution in [2.24, 2.45) is 5.16 Å². The maximum absolute atomic E-state index is 12.1. The molecular formula is C17H16Br2N2O3. The van der Waals surface area contributed by atoms with Crippen molar-refractivity contribution in [2.45, 2.75) is 13.8 Å². The summed E-state index contributed by atoms with van der Waals surface area (Å²) in [6.45, 7) is 3.88. The number of oxime groups is 1. The van der Waals surface area contributed by atoms with E-state index in [-0.39, 0.29) is 12.5 Å². The number of aryl methyl sites for hydroxylation is 2. The molecule has 0 fully saturated rings. The van der Waals surface area contributed by atoms with Gasteiger partial charge in [0.05, 0.1) is 15.2 Å². The molecule has 2 N–H and O–H groups in total. The minimum absolute atomic E-state index is 0.127. The van der Waals surface area contributed by atoms with Crippen LogP contribution in [0.5, 0.6) is 5.75 Å². The minimum atomic E-state index is -0.252.